The van der Waals surface area contributed by atoms with Crippen molar-refractivity contribution >= 4 is 29.6 Å². The smallest absolute Gasteiger partial charge is 0.393 e. The fraction of sp³-hybridized carbons (Fsp3) is 0. The Kier molecular flexibility index (Phi) is 3.15. The Balaban J connectivity index is 1.61. The lowest BCUT2D eigenvalue weighted by Crippen LogP contribution is -1.99. The SMILES string of the molecule is O=P(O)(Oc1cc2ccccc2[nH]1)Oc1c[nH]c2ccccc12. The molecule has 0 spiro atoms. The van der Waals surface area contributed by atoms with Crippen LogP contribution in [0.4, 0.5) is 0 Å². The van der Waals surface area contributed by atoms with Gasteiger partial charge in [-0.2, -0.15) is 0 Å². The standard InChI is InChI=1S/C16H13N2O4P/c19-23(20,21-15-10-17-14-8-4-2-6-12(14)15)22-16-9-11-5-1-3-7-13(11)18-16/h1-10,17-18H,(H,19,20). The number of fused-ring (bicyclic) bond motifs is 2. The average molecular weight is 328 g/mol. The molecule has 0 amide bonds. The van der Waals surface area contributed by atoms with E-state index in [2.05, 4.69) is 9.97 Å². The molecule has 0 bridgehead atoms. The molecule has 4 rings (SSSR count). The second kappa shape index (κ2) is 5.19. The fourth-order valence-electron chi connectivity index (χ4n) is 2.48. The van der Waals surface area contributed by atoms with Crippen molar-refractivity contribution in [3.05, 3.63) is 60.8 Å². The lowest BCUT2D eigenvalue weighted by atomic mass is 10.2. The zero-order valence-electron chi connectivity index (χ0n) is 11.9. The van der Waals surface area contributed by atoms with Crippen LogP contribution < -0.4 is 9.05 Å². The number of aromatic amines is 2. The van der Waals surface area contributed by atoms with Crippen molar-refractivity contribution in [2.75, 3.05) is 0 Å². The normalized spacial score (nSPS) is 14.0. The summed E-state index contributed by atoms with van der Waals surface area (Å²) in [7, 11) is -4.31. The van der Waals surface area contributed by atoms with Crippen molar-refractivity contribution in [1.82, 2.24) is 9.97 Å². The van der Waals surface area contributed by atoms with Crippen LogP contribution in [0.3, 0.4) is 0 Å². The van der Waals surface area contributed by atoms with Gasteiger partial charge in [-0.3, -0.25) is 4.89 Å². The summed E-state index contributed by atoms with van der Waals surface area (Å²) >= 11 is 0. The van der Waals surface area contributed by atoms with Crippen molar-refractivity contribution in [3.63, 3.8) is 0 Å². The van der Waals surface area contributed by atoms with Crippen LogP contribution >= 0.6 is 7.82 Å². The van der Waals surface area contributed by atoms with Gasteiger partial charge in [-0.25, -0.2) is 4.57 Å². The lowest BCUT2D eigenvalue weighted by Gasteiger charge is -2.11. The van der Waals surface area contributed by atoms with Crippen LogP contribution in [0.5, 0.6) is 11.6 Å². The first-order chi connectivity index (χ1) is 11.1. The second-order valence-electron chi connectivity index (χ2n) is 5.07. The predicted molar refractivity (Wildman–Crippen MR) is 87.7 cm³/mol. The molecule has 0 aliphatic rings. The molecule has 7 heteroatoms. The molecule has 4 aromatic rings. The zero-order chi connectivity index (χ0) is 15.9. The van der Waals surface area contributed by atoms with Crippen molar-refractivity contribution in [1.29, 1.82) is 0 Å². The van der Waals surface area contributed by atoms with Gasteiger partial charge in [0.15, 0.2) is 5.75 Å². The van der Waals surface area contributed by atoms with Crippen LogP contribution in [0.2, 0.25) is 0 Å². The largest absolute Gasteiger partial charge is 0.586 e. The monoisotopic (exact) mass is 328 g/mol. The molecule has 2 heterocycles. The highest BCUT2D eigenvalue weighted by molar-refractivity contribution is 7.48. The molecule has 1 atom stereocenters. The number of hydrogen-bond donors (Lipinski definition) is 3. The highest BCUT2D eigenvalue weighted by Gasteiger charge is 2.27. The Bertz CT molecular complexity index is 1000. The van der Waals surface area contributed by atoms with E-state index in [0.717, 1.165) is 16.4 Å². The van der Waals surface area contributed by atoms with Crippen LogP contribution in [-0.4, -0.2) is 14.9 Å². The minimum absolute atomic E-state index is 0.178. The molecule has 0 saturated heterocycles. The Morgan fingerprint density at radius 2 is 1.70 bits per heavy atom. The quantitative estimate of drug-likeness (QED) is 0.490. The molecule has 3 N–H and O–H groups in total. The summed E-state index contributed by atoms with van der Waals surface area (Å²) in [6, 6.07) is 16.5. The first-order valence-electron chi connectivity index (χ1n) is 6.97. The maximum absolute atomic E-state index is 12.2. The Labute approximate surface area is 131 Å². The van der Waals surface area contributed by atoms with Gasteiger partial charge in [0.25, 0.3) is 0 Å². The van der Waals surface area contributed by atoms with Gasteiger partial charge in [0, 0.05) is 34.1 Å². The van der Waals surface area contributed by atoms with E-state index in [0.29, 0.717) is 5.39 Å². The van der Waals surface area contributed by atoms with Gasteiger partial charge >= 0.3 is 7.82 Å². The minimum Gasteiger partial charge on any atom is -0.393 e. The number of phosphoric acid groups is 1. The van der Waals surface area contributed by atoms with Crippen LogP contribution in [0.15, 0.2) is 60.8 Å². The van der Waals surface area contributed by atoms with Gasteiger partial charge in [0.2, 0.25) is 5.88 Å². The van der Waals surface area contributed by atoms with Gasteiger partial charge in [-0.15, -0.1) is 0 Å². The summed E-state index contributed by atoms with van der Waals surface area (Å²) in [4.78, 5) is 15.9. The number of phosphoric ester groups is 1. The highest BCUT2D eigenvalue weighted by Crippen LogP contribution is 2.46. The number of aromatic nitrogens is 2. The highest BCUT2D eigenvalue weighted by atomic mass is 31.2. The van der Waals surface area contributed by atoms with Gasteiger partial charge in [-0.05, 0) is 18.2 Å². The van der Waals surface area contributed by atoms with Crippen molar-refractivity contribution in [2.24, 2.45) is 0 Å². The third-order valence-corrected chi connectivity index (χ3v) is 4.34. The van der Waals surface area contributed by atoms with E-state index in [-0.39, 0.29) is 11.6 Å². The maximum atomic E-state index is 12.2. The molecule has 6 nitrogen and oxygen atoms in total. The van der Waals surface area contributed by atoms with Crippen LogP contribution in [-0.2, 0) is 4.57 Å². The van der Waals surface area contributed by atoms with E-state index in [1.807, 2.05) is 42.5 Å². The van der Waals surface area contributed by atoms with Crippen molar-refractivity contribution < 1.29 is 18.5 Å². The van der Waals surface area contributed by atoms with Crippen LogP contribution in [0.25, 0.3) is 21.8 Å². The van der Waals surface area contributed by atoms with E-state index >= 15 is 0 Å². The number of H-pyrrole nitrogens is 2. The van der Waals surface area contributed by atoms with E-state index in [4.69, 9.17) is 9.05 Å². The Hall–Kier alpha value is -2.69. The molecule has 23 heavy (non-hydrogen) atoms. The maximum Gasteiger partial charge on any atom is 0.586 e. The van der Waals surface area contributed by atoms with Gasteiger partial charge in [0.1, 0.15) is 0 Å². The van der Waals surface area contributed by atoms with E-state index in [1.165, 1.54) is 6.20 Å². The third-order valence-electron chi connectivity index (χ3n) is 3.48. The topological polar surface area (TPSA) is 87.3 Å². The zero-order valence-corrected chi connectivity index (χ0v) is 12.8. The Morgan fingerprint density at radius 1 is 0.957 bits per heavy atom. The fourth-order valence-corrected chi connectivity index (χ4v) is 3.27. The molecular formula is C16H13N2O4P. The number of rotatable bonds is 4. The molecule has 0 saturated carbocycles. The predicted octanol–water partition coefficient (Wildman–Crippen LogP) is 4.21. The van der Waals surface area contributed by atoms with Gasteiger partial charge in [-0.1, -0.05) is 30.3 Å². The van der Waals surface area contributed by atoms with E-state index in [1.54, 1.807) is 12.1 Å². The first-order valence-corrected chi connectivity index (χ1v) is 8.46. The number of benzene rings is 2. The summed E-state index contributed by atoms with van der Waals surface area (Å²) in [5, 5.41) is 1.59. The molecule has 2 aromatic heterocycles. The lowest BCUT2D eigenvalue weighted by molar-refractivity contribution is 0.289. The summed E-state index contributed by atoms with van der Waals surface area (Å²) < 4.78 is 22.6. The minimum atomic E-state index is -4.31. The van der Waals surface area contributed by atoms with Gasteiger partial charge in [0.05, 0.1) is 0 Å². The Morgan fingerprint density at radius 3 is 2.52 bits per heavy atom. The van der Waals surface area contributed by atoms with E-state index < -0.39 is 7.82 Å². The molecule has 0 radical (unpaired) electrons. The number of nitrogens with one attached hydrogen (secondary N) is 2. The van der Waals surface area contributed by atoms with Crippen LogP contribution in [0, 0.1) is 0 Å². The molecule has 2 aromatic carbocycles. The molecule has 116 valence electrons. The van der Waals surface area contributed by atoms with E-state index in [9.17, 15) is 9.46 Å². The first kappa shape index (κ1) is 13.9. The van der Waals surface area contributed by atoms with Crippen LogP contribution in [0.1, 0.15) is 0 Å². The summed E-state index contributed by atoms with van der Waals surface area (Å²) in [5.74, 6) is 0.444. The van der Waals surface area contributed by atoms with Crippen molar-refractivity contribution in [3.8, 4) is 11.6 Å². The number of hydrogen-bond acceptors (Lipinski definition) is 3. The molecular weight excluding hydrogens is 315 g/mol. The molecule has 0 aliphatic heterocycles. The third kappa shape index (κ3) is 2.70. The van der Waals surface area contributed by atoms with Crippen molar-refractivity contribution in [2.45, 2.75) is 0 Å². The average Bonchev–Trinajstić information content (AvgIpc) is 3.10. The second-order valence-corrected chi connectivity index (χ2v) is 6.37. The van der Waals surface area contributed by atoms with Gasteiger partial charge < -0.3 is 19.0 Å². The number of para-hydroxylation sites is 2. The molecule has 0 aliphatic carbocycles. The summed E-state index contributed by atoms with van der Waals surface area (Å²) in [5.41, 5.74) is 1.63. The summed E-state index contributed by atoms with van der Waals surface area (Å²) in [6.45, 7) is 0. The summed E-state index contributed by atoms with van der Waals surface area (Å²) in [6.07, 6.45) is 1.53. The molecule has 1 unspecified atom stereocenters. The molecule has 0 fully saturated rings.